The Morgan fingerprint density at radius 2 is 1.94 bits per heavy atom. The third-order valence-corrected chi connectivity index (χ3v) is 5.63. The van der Waals surface area contributed by atoms with E-state index >= 15 is 0 Å². The third-order valence-electron chi connectivity index (χ3n) is 5.34. The lowest BCUT2D eigenvalue weighted by Crippen LogP contribution is -2.09. The number of aromatic nitrogens is 3. The molecule has 0 saturated heterocycles. The van der Waals surface area contributed by atoms with Crippen LogP contribution in [-0.4, -0.2) is 42.3 Å². The minimum Gasteiger partial charge on any atom is -0.497 e. The van der Waals surface area contributed by atoms with Gasteiger partial charge in [0.2, 0.25) is 5.95 Å². The molecule has 0 fully saturated rings. The van der Waals surface area contributed by atoms with E-state index in [-0.39, 0.29) is 5.02 Å². The van der Waals surface area contributed by atoms with Crippen LogP contribution < -0.4 is 10.6 Å². The molecule has 0 atom stereocenters. The smallest absolute Gasteiger partial charge is 0.229 e. The van der Waals surface area contributed by atoms with Crippen molar-refractivity contribution >= 4 is 45.7 Å². The predicted octanol–water partition coefficient (Wildman–Crippen LogP) is 6.29. The minimum atomic E-state index is -0.489. The number of pyridine rings is 1. The topological polar surface area (TPSA) is 81.2 Å². The molecule has 0 aliphatic heterocycles. The van der Waals surface area contributed by atoms with Gasteiger partial charge in [0.25, 0.3) is 0 Å². The number of nitrogens with one attached hydrogen (secondary N) is 2. The number of ether oxygens (including phenoxy) is 2. The first-order chi connectivity index (χ1) is 17.0. The van der Waals surface area contributed by atoms with Crippen LogP contribution in [0.25, 0.3) is 27.8 Å². The second-order valence-electron chi connectivity index (χ2n) is 7.74. The van der Waals surface area contributed by atoms with Crippen molar-refractivity contribution in [2.75, 3.05) is 38.0 Å². The van der Waals surface area contributed by atoms with Crippen molar-refractivity contribution in [1.29, 1.82) is 0 Å². The van der Waals surface area contributed by atoms with Gasteiger partial charge in [-0.25, -0.2) is 9.37 Å². The molecule has 0 amide bonds. The molecule has 35 heavy (non-hydrogen) atoms. The average molecular weight is 494 g/mol. The van der Waals surface area contributed by atoms with E-state index in [2.05, 4.69) is 32.2 Å². The summed E-state index contributed by atoms with van der Waals surface area (Å²) >= 11 is 5.90. The van der Waals surface area contributed by atoms with E-state index in [9.17, 15) is 4.39 Å². The molecule has 2 aromatic heterocycles. The van der Waals surface area contributed by atoms with Gasteiger partial charge in [-0.15, -0.1) is 0 Å². The van der Waals surface area contributed by atoms with Gasteiger partial charge in [0, 0.05) is 54.9 Å². The van der Waals surface area contributed by atoms with E-state index in [1.54, 1.807) is 32.7 Å². The van der Waals surface area contributed by atoms with Crippen LogP contribution in [0.3, 0.4) is 0 Å². The van der Waals surface area contributed by atoms with Gasteiger partial charge in [0.1, 0.15) is 17.4 Å². The van der Waals surface area contributed by atoms with E-state index in [4.69, 9.17) is 21.1 Å². The lowest BCUT2D eigenvalue weighted by molar-refractivity contribution is 0.198. The lowest BCUT2D eigenvalue weighted by Gasteiger charge is -2.14. The second-order valence-corrected chi connectivity index (χ2v) is 8.15. The Balaban J connectivity index is 1.69. The highest BCUT2D eigenvalue weighted by atomic mass is 35.5. The van der Waals surface area contributed by atoms with Crippen molar-refractivity contribution < 1.29 is 13.9 Å². The Kier molecular flexibility index (Phi) is 7.74. The monoisotopic (exact) mass is 493 g/mol. The number of methoxy groups -OCH3 is 2. The Morgan fingerprint density at radius 3 is 2.71 bits per heavy atom. The molecule has 0 radical (unpaired) electrons. The number of benzene rings is 2. The Morgan fingerprint density at radius 1 is 1.09 bits per heavy atom. The van der Waals surface area contributed by atoms with E-state index < -0.39 is 5.82 Å². The van der Waals surface area contributed by atoms with E-state index in [1.807, 2.05) is 24.3 Å². The van der Waals surface area contributed by atoms with Crippen LogP contribution >= 0.6 is 11.6 Å². The minimum absolute atomic E-state index is 0.0184. The fourth-order valence-corrected chi connectivity index (χ4v) is 3.66. The molecule has 0 bridgehead atoms. The summed E-state index contributed by atoms with van der Waals surface area (Å²) in [5, 5.41) is 7.41. The highest BCUT2D eigenvalue weighted by molar-refractivity contribution is 6.31. The molecule has 0 unspecified atom stereocenters. The van der Waals surface area contributed by atoms with Crippen molar-refractivity contribution in [2.24, 2.45) is 0 Å². The van der Waals surface area contributed by atoms with Crippen LogP contribution in [0.1, 0.15) is 12.0 Å². The molecule has 2 heterocycles. The number of nitrogens with zero attached hydrogens (tertiary/aromatic N) is 3. The van der Waals surface area contributed by atoms with Crippen LogP contribution in [0.2, 0.25) is 5.02 Å². The molecule has 4 aromatic rings. The van der Waals surface area contributed by atoms with Gasteiger partial charge in [0.15, 0.2) is 0 Å². The summed E-state index contributed by atoms with van der Waals surface area (Å²) in [5.74, 6) is 1.06. The zero-order chi connectivity index (χ0) is 24.8. The highest BCUT2D eigenvalue weighted by Crippen LogP contribution is 2.31. The number of hydrogen-bond acceptors (Lipinski definition) is 7. The van der Waals surface area contributed by atoms with Crippen molar-refractivity contribution in [3.63, 3.8) is 0 Å². The summed E-state index contributed by atoms with van der Waals surface area (Å²) in [7, 11) is 3.25. The van der Waals surface area contributed by atoms with Crippen molar-refractivity contribution in [3.8, 4) is 11.1 Å². The fourth-order valence-electron chi connectivity index (χ4n) is 3.48. The second kappa shape index (κ2) is 11.1. The molecule has 180 valence electrons. The molecule has 0 spiro atoms. The summed E-state index contributed by atoms with van der Waals surface area (Å²) in [6.45, 7) is 5.19. The summed E-state index contributed by atoms with van der Waals surface area (Å²) in [4.78, 5) is 13.6. The quantitative estimate of drug-likeness (QED) is 0.198. The van der Waals surface area contributed by atoms with E-state index in [0.29, 0.717) is 36.4 Å². The summed E-state index contributed by atoms with van der Waals surface area (Å²) in [5.41, 5.74) is 3.98. The molecule has 0 saturated carbocycles. The summed E-state index contributed by atoms with van der Waals surface area (Å²) in [6.07, 6.45) is 4.29. The van der Waals surface area contributed by atoms with Crippen LogP contribution in [0.5, 0.6) is 0 Å². The van der Waals surface area contributed by atoms with E-state index in [1.165, 1.54) is 12.1 Å². The SMILES string of the molecule is C=C(OC)c1cnc2ccc(-c3cnc(Nc4ccc(F)c(Cl)c4)nc3NCCCOC)cc2c1. The van der Waals surface area contributed by atoms with Crippen LogP contribution in [-0.2, 0) is 9.47 Å². The highest BCUT2D eigenvalue weighted by Gasteiger charge is 2.12. The van der Waals surface area contributed by atoms with Crippen LogP contribution in [0.4, 0.5) is 21.8 Å². The molecule has 2 aromatic carbocycles. The van der Waals surface area contributed by atoms with Gasteiger partial charge in [-0.2, -0.15) is 4.98 Å². The first-order valence-electron chi connectivity index (χ1n) is 10.9. The number of hydrogen-bond donors (Lipinski definition) is 2. The van der Waals surface area contributed by atoms with Crippen LogP contribution in [0, 0.1) is 5.82 Å². The molecule has 2 N–H and O–H groups in total. The maximum atomic E-state index is 13.5. The zero-order valence-electron chi connectivity index (χ0n) is 19.4. The van der Waals surface area contributed by atoms with Gasteiger partial charge < -0.3 is 20.1 Å². The molecular formula is C26H25ClFN5O2. The molecule has 0 aliphatic carbocycles. The predicted molar refractivity (Wildman–Crippen MR) is 138 cm³/mol. The van der Waals surface area contributed by atoms with E-state index in [0.717, 1.165) is 34.0 Å². The first kappa shape index (κ1) is 24.4. The Labute approximate surface area is 208 Å². The fraction of sp³-hybridized carbons (Fsp3) is 0.192. The summed E-state index contributed by atoms with van der Waals surface area (Å²) < 4.78 is 23.9. The Hall–Kier alpha value is -3.75. The zero-order valence-corrected chi connectivity index (χ0v) is 20.2. The molecule has 4 rings (SSSR count). The standard InChI is InChI=1S/C26H25ClFN5O2/c1-16(35-3)19-12-18-11-17(5-8-24(18)30-14-19)21-15-31-26(33-25(21)29-9-4-10-34-2)32-20-6-7-23(28)22(27)13-20/h5-8,11-15H,1,4,9-10H2,2-3H3,(H2,29,31,32,33). The van der Waals surface area contributed by atoms with Gasteiger partial charge in [-0.05, 0) is 48.4 Å². The average Bonchev–Trinajstić information content (AvgIpc) is 2.88. The summed E-state index contributed by atoms with van der Waals surface area (Å²) in [6, 6.07) is 12.3. The molecular weight excluding hydrogens is 469 g/mol. The van der Waals surface area contributed by atoms with Gasteiger partial charge in [-0.1, -0.05) is 24.2 Å². The third kappa shape index (κ3) is 5.85. The number of halogens is 2. The van der Waals surface area contributed by atoms with Crippen LogP contribution in [0.15, 0.2) is 61.4 Å². The lowest BCUT2D eigenvalue weighted by atomic mass is 10.0. The normalized spacial score (nSPS) is 10.9. The van der Waals surface area contributed by atoms with Gasteiger partial charge in [-0.3, -0.25) is 4.98 Å². The number of fused-ring (bicyclic) bond motifs is 1. The Bertz CT molecular complexity index is 1370. The van der Waals surface area contributed by atoms with Crippen molar-refractivity contribution in [2.45, 2.75) is 6.42 Å². The van der Waals surface area contributed by atoms with Crippen molar-refractivity contribution in [3.05, 3.63) is 77.8 Å². The number of rotatable bonds is 10. The van der Waals surface area contributed by atoms with Gasteiger partial charge >= 0.3 is 0 Å². The first-order valence-corrected chi connectivity index (χ1v) is 11.3. The molecule has 9 heteroatoms. The number of anilines is 3. The molecule has 7 nitrogen and oxygen atoms in total. The molecule has 0 aliphatic rings. The van der Waals surface area contributed by atoms with Crippen molar-refractivity contribution in [1.82, 2.24) is 15.0 Å². The van der Waals surface area contributed by atoms with Gasteiger partial charge in [0.05, 0.1) is 17.6 Å². The maximum absolute atomic E-state index is 13.5. The largest absolute Gasteiger partial charge is 0.497 e. The maximum Gasteiger partial charge on any atom is 0.229 e.